The van der Waals surface area contributed by atoms with Crippen LogP contribution in [0.1, 0.15) is 12.8 Å². The van der Waals surface area contributed by atoms with Crippen LogP contribution in [0.5, 0.6) is 0 Å². The van der Waals surface area contributed by atoms with E-state index in [-0.39, 0.29) is 12.4 Å². The van der Waals surface area contributed by atoms with Gasteiger partial charge >= 0.3 is 5.70 Å². The summed E-state index contributed by atoms with van der Waals surface area (Å²) in [7, 11) is 0. The van der Waals surface area contributed by atoms with Crippen LogP contribution in [0.15, 0.2) is 16.9 Å². The first-order chi connectivity index (χ1) is 6.22. The molecular formula is C7H12FN3O2. The van der Waals surface area contributed by atoms with E-state index in [4.69, 9.17) is 5.73 Å². The highest BCUT2D eigenvalue weighted by Gasteiger charge is 2.03. The summed E-state index contributed by atoms with van der Waals surface area (Å²) in [4.78, 5) is 13.2. The third-order valence-corrected chi connectivity index (χ3v) is 1.28. The van der Waals surface area contributed by atoms with Gasteiger partial charge in [0.15, 0.2) is 0 Å². The number of unbranched alkanes of at least 4 members (excludes halogenated alkanes) is 1. The van der Waals surface area contributed by atoms with Crippen molar-refractivity contribution in [1.29, 1.82) is 0 Å². The zero-order chi connectivity index (χ0) is 10.1. The molecule has 0 bridgehead atoms. The van der Waals surface area contributed by atoms with Gasteiger partial charge in [0.1, 0.15) is 6.21 Å². The fourth-order valence-corrected chi connectivity index (χ4v) is 0.607. The highest BCUT2D eigenvalue weighted by molar-refractivity contribution is 5.74. The Morgan fingerprint density at radius 2 is 2.31 bits per heavy atom. The molecule has 0 aromatic carbocycles. The minimum atomic E-state index is -0.626. The van der Waals surface area contributed by atoms with Crippen molar-refractivity contribution in [1.82, 2.24) is 0 Å². The zero-order valence-electron chi connectivity index (χ0n) is 7.15. The Labute approximate surface area is 75.3 Å². The molecule has 0 aliphatic rings. The number of allylic oxidation sites excluding steroid dienone is 1. The molecule has 0 amide bonds. The first kappa shape index (κ1) is 11.5. The first-order valence-corrected chi connectivity index (χ1v) is 3.84. The first-order valence-electron chi connectivity index (χ1n) is 3.84. The second-order valence-electron chi connectivity index (χ2n) is 2.28. The van der Waals surface area contributed by atoms with Gasteiger partial charge in [-0.2, -0.15) is 0 Å². The molecule has 0 aliphatic carbocycles. The summed E-state index contributed by atoms with van der Waals surface area (Å²) in [6.07, 6.45) is 2.97. The van der Waals surface area contributed by atoms with Crippen molar-refractivity contribution < 1.29 is 9.31 Å². The predicted octanol–water partition coefficient (Wildman–Crippen LogP) is 0.884. The van der Waals surface area contributed by atoms with Crippen molar-refractivity contribution in [2.45, 2.75) is 12.8 Å². The van der Waals surface area contributed by atoms with Gasteiger partial charge < -0.3 is 5.73 Å². The molecule has 0 heterocycles. The van der Waals surface area contributed by atoms with E-state index in [0.29, 0.717) is 19.4 Å². The maximum atomic E-state index is 11.6. The van der Waals surface area contributed by atoms with Gasteiger partial charge in [0.2, 0.25) is 0 Å². The van der Waals surface area contributed by atoms with E-state index in [1.54, 1.807) is 0 Å². The lowest BCUT2D eigenvalue weighted by Gasteiger charge is -1.90. The van der Waals surface area contributed by atoms with E-state index in [1.807, 2.05) is 0 Å². The highest BCUT2D eigenvalue weighted by Crippen LogP contribution is 1.92. The van der Waals surface area contributed by atoms with Crippen LogP contribution < -0.4 is 5.73 Å². The van der Waals surface area contributed by atoms with Crippen molar-refractivity contribution in [3.63, 3.8) is 0 Å². The number of nitrogens with zero attached hydrogens (tertiary/aromatic N) is 2. The van der Waals surface area contributed by atoms with E-state index in [0.717, 1.165) is 12.4 Å². The largest absolute Gasteiger partial charge is 0.399 e. The lowest BCUT2D eigenvalue weighted by Crippen LogP contribution is -2.03. The van der Waals surface area contributed by atoms with Gasteiger partial charge in [0.05, 0.1) is 17.8 Å². The minimum absolute atomic E-state index is 0.250. The molecule has 5 nitrogen and oxygen atoms in total. The van der Waals surface area contributed by atoms with Gasteiger partial charge in [0, 0.05) is 6.54 Å². The van der Waals surface area contributed by atoms with Gasteiger partial charge in [-0.05, 0) is 12.8 Å². The Bertz CT molecular complexity index is 216. The number of hydrogen-bond donors (Lipinski definition) is 1. The highest BCUT2D eigenvalue weighted by atomic mass is 19.1. The van der Waals surface area contributed by atoms with Crippen LogP contribution in [0.3, 0.4) is 0 Å². The Hall–Kier alpha value is -1.46. The minimum Gasteiger partial charge on any atom is -0.399 e. The molecule has 0 rings (SSSR count). The molecule has 0 aliphatic heterocycles. The summed E-state index contributed by atoms with van der Waals surface area (Å²) in [5.41, 5.74) is 4.71. The normalized spacial score (nSPS) is 12.2. The van der Waals surface area contributed by atoms with E-state index in [9.17, 15) is 14.5 Å². The van der Waals surface area contributed by atoms with Gasteiger partial charge in [-0.1, -0.05) is 0 Å². The molecule has 0 spiro atoms. The van der Waals surface area contributed by atoms with Crippen LogP contribution in [0.25, 0.3) is 0 Å². The van der Waals surface area contributed by atoms with Gasteiger partial charge in [-0.25, -0.2) is 0 Å². The Balaban J connectivity index is 3.76. The number of aliphatic imine (C=N–C) groups is 1. The van der Waals surface area contributed by atoms with Crippen LogP contribution in [-0.4, -0.2) is 24.4 Å². The van der Waals surface area contributed by atoms with Gasteiger partial charge in [-0.3, -0.25) is 19.5 Å². The average molecular weight is 189 g/mol. The van der Waals surface area contributed by atoms with Crippen LogP contribution in [0, 0.1) is 10.1 Å². The van der Waals surface area contributed by atoms with Crippen molar-refractivity contribution in [2.24, 2.45) is 10.7 Å². The third kappa shape index (κ3) is 5.77. The fraction of sp³-hybridized carbons (Fsp3) is 0.571. The molecule has 0 saturated heterocycles. The van der Waals surface area contributed by atoms with Gasteiger partial charge in [-0.15, -0.1) is 0 Å². The maximum Gasteiger partial charge on any atom is 0.302 e. The zero-order valence-corrected chi connectivity index (χ0v) is 7.15. The number of alkyl halides is 1. The topological polar surface area (TPSA) is 81.5 Å². The smallest absolute Gasteiger partial charge is 0.302 e. The molecule has 74 valence electrons. The molecule has 0 aromatic rings. The molecule has 0 atom stereocenters. The summed E-state index contributed by atoms with van der Waals surface area (Å²) in [6.45, 7) is -0.000554. The SMILES string of the molecule is NC=C(C=NCCCCF)[N+](=O)[O-]. The molecule has 2 N–H and O–H groups in total. The molecule has 0 saturated carbocycles. The molecule has 0 unspecified atom stereocenters. The summed E-state index contributed by atoms with van der Waals surface area (Å²) >= 11 is 0. The van der Waals surface area contributed by atoms with Crippen molar-refractivity contribution >= 4 is 6.21 Å². The van der Waals surface area contributed by atoms with Crippen LogP contribution in [0.4, 0.5) is 4.39 Å². The Kier molecular flexibility index (Phi) is 6.39. The molecule has 13 heavy (non-hydrogen) atoms. The summed E-state index contributed by atoms with van der Waals surface area (Å²) in [5, 5.41) is 10.2. The standard InChI is InChI=1S/C7H12FN3O2/c8-3-1-2-4-10-6-7(5-9)11(12)13/h5-6H,1-4,9H2. The van der Waals surface area contributed by atoms with Crippen LogP contribution >= 0.6 is 0 Å². The molecular weight excluding hydrogens is 177 g/mol. The average Bonchev–Trinajstić information content (AvgIpc) is 2.10. The summed E-state index contributed by atoms with van der Waals surface area (Å²) in [5.74, 6) is 0. The van der Waals surface area contributed by atoms with E-state index >= 15 is 0 Å². The Morgan fingerprint density at radius 3 is 2.77 bits per heavy atom. The number of hydrogen-bond acceptors (Lipinski definition) is 4. The molecule has 0 fully saturated rings. The summed E-state index contributed by atoms with van der Waals surface area (Å²) in [6, 6.07) is 0. The van der Waals surface area contributed by atoms with Crippen LogP contribution in [0.2, 0.25) is 0 Å². The van der Waals surface area contributed by atoms with Crippen molar-refractivity contribution in [2.75, 3.05) is 13.2 Å². The lowest BCUT2D eigenvalue weighted by atomic mass is 10.3. The molecule has 0 radical (unpaired) electrons. The molecule has 6 heteroatoms. The molecule has 0 aromatic heterocycles. The monoisotopic (exact) mass is 189 g/mol. The van der Waals surface area contributed by atoms with Crippen LogP contribution in [-0.2, 0) is 0 Å². The second kappa shape index (κ2) is 7.20. The summed E-state index contributed by atoms with van der Waals surface area (Å²) < 4.78 is 11.6. The number of nitrogens with two attached hydrogens (primary N) is 1. The second-order valence-corrected chi connectivity index (χ2v) is 2.28. The number of rotatable bonds is 6. The van der Waals surface area contributed by atoms with E-state index in [1.165, 1.54) is 0 Å². The maximum absolute atomic E-state index is 11.6. The number of nitro groups is 1. The third-order valence-electron chi connectivity index (χ3n) is 1.28. The fourth-order valence-electron chi connectivity index (χ4n) is 0.607. The van der Waals surface area contributed by atoms with Crippen molar-refractivity contribution in [3.05, 3.63) is 22.0 Å². The van der Waals surface area contributed by atoms with E-state index < -0.39 is 4.92 Å². The lowest BCUT2D eigenvalue weighted by molar-refractivity contribution is -0.414. The Morgan fingerprint density at radius 1 is 1.62 bits per heavy atom. The predicted molar refractivity (Wildman–Crippen MR) is 47.8 cm³/mol. The van der Waals surface area contributed by atoms with Crippen molar-refractivity contribution in [3.8, 4) is 0 Å². The van der Waals surface area contributed by atoms with E-state index in [2.05, 4.69) is 4.99 Å². The van der Waals surface area contributed by atoms with Gasteiger partial charge in [0.25, 0.3) is 0 Å². The quantitative estimate of drug-likeness (QED) is 0.291. The number of halogens is 1.